The van der Waals surface area contributed by atoms with Gasteiger partial charge in [-0.2, -0.15) is 0 Å². The lowest BCUT2D eigenvalue weighted by Gasteiger charge is -2.33. The summed E-state index contributed by atoms with van der Waals surface area (Å²) in [6, 6.07) is 9.16. The molecule has 6 nitrogen and oxygen atoms in total. The van der Waals surface area contributed by atoms with Crippen molar-refractivity contribution < 1.29 is 17.9 Å². The van der Waals surface area contributed by atoms with Crippen LogP contribution in [0.2, 0.25) is 10.0 Å². The number of piperidine rings is 1. The molecule has 1 unspecified atom stereocenters. The maximum Gasteiger partial charge on any atom is 0.216 e. The number of rotatable bonds is 11. The summed E-state index contributed by atoms with van der Waals surface area (Å²) >= 11 is 13.2. The zero-order chi connectivity index (χ0) is 26.7. The van der Waals surface area contributed by atoms with Crippen LogP contribution in [0.25, 0.3) is 0 Å². The molecule has 2 aromatic carbocycles. The number of methoxy groups -OCH3 is 1. The number of sulfonamides is 1. The summed E-state index contributed by atoms with van der Waals surface area (Å²) < 4.78 is 38.6. The monoisotopic (exact) mass is 566 g/mol. The van der Waals surface area contributed by atoms with Crippen LogP contribution in [0, 0.1) is 5.92 Å². The van der Waals surface area contributed by atoms with Crippen molar-refractivity contribution in [1.29, 1.82) is 0 Å². The molecule has 4 rings (SSSR count). The molecule has 1 N–H and O–H groups in total. The Kier molecular flexibility index (Phi) is 9.00. The number of ether oxygens (including phenoxy) is 2. The van der Waals surface area contributed by atoms with Crippen molar-refractivity contribution in [3.8, 4) is 17.2 Å². The molecule has 0 amide bonds. The first-order valence-corrected chi connectivity index (χ1v) is 15.1. The van der Waals surface area contributed by atoms with Crippen LogP contribution < -0.4 is 14.8 Å². The Morgan fingerprint density at radius 1 is 1.16 bits per heavy atom. The molecule has 37 heavy (non-hydrogen) atoms. The molecule has 2 aromatic rings. The summed E-state index contributed by atoms with van der Waals surface area (Å²) in [5, 5.41) is 4.06. The number of nitrogens with one attached hydrogen (secondary N) is 1. The smallest absolute Gasteiger partial charge is 0.216 e. The minimum atomic E-state index is -3.15. The van der Waals surface area contributed by atoms with Gasteiger partial charge in [-0.15, -0.1) is 6.58 Å². The lowest BCUT2D eigenvalue weighted by atomic mass is 9.92. The van der Waals surface area contributed by atoms with Crippen molar-refractivity contribution in [3.05, 3.63) is 58.6 Å². The van der Waals surface area contributed by atoms with Crippen LogP contribution in [0.4, 0.5) is 5.69 Å². The van der Waals surface area contributed by atoms with Gasteiger partial charge in [0.1, 0.15) is 11.5 Å². The van der Waals surface area contributed by atoms with Crippen LogP contribution in [-0.4, -0.2) is 44.2 Å². The molecule has 2 atom stereocenters. The highest BCUT2D eigenvalue weighted by Gasteiger charge is 2.41. The van der Waals surface area contributed by atoms with Gasteiger partial charge in [0.25, 0.3) is 0 Å². The van der Waals surface area contributed by atoms with Crippen molar-refractivity contribution in [3.63, 3.8) is 0 Å². The maximum absolute atomic E-state index is 12.7. The fourth-order valence-electron chi connectivity index (χ4n) is 4.90. The number of hydrogen-bond acceptors (Lipinski definition) is 5. The van der Waals surface area contributed by atoms with E-state index in [4.69, 9.17) is 32.7 Å². The molecule has 202 valence electrons. The molecule has 1 saturated heterocycles. The number of anilines is 1. The SMILES string of the molecule is C=CC(C[C@H]1CCCN(S(=O)(=O)C2CC2)C1)Nc1cc(Cl)c(Oc2ccc(OC)c(C(C)C)c2)c(Cl)c1. The Balaban J connectivity index is 1.43. The molecule has 0 radical (unpaired) electrons. The van der Waals surface area contributed by atoms with E-state index in [0.717, 1.165) is 49.1 Å². The first kappa shape index (κ1) is 28.1. The van der Waals surface area contributed by atoms with Gasteiger partial charge in [0.2, 0.25) is 10.0 Å². The fraction of sp³-hybridized carbons (Fsp3) is 0.500. The van der Waals surface area contributed by atoms with Crippen molar-refractivity contribution in [2.45, 2.75) is 63.2 Å². The highest BCUT2D eigenvalue weighted by Crippen LogP contribution is 2.41. The van der Waals surface area contributed by atoms with Crippen molar-refractivity contribution in [1.82, 2.24) is 4.31 Å². The second-order valence-corrected chi connectivity index (χ2v) is 13.3. The lowest BCUT2D eigenvalue weighted by Crippen LogP contribution is -2.42. The normalized spacial score (nSPS) is 19.5. The van der Waals surface area contributed by atoms with Gasteiger partial charge in [0.15, 0.2) is 5.75 Å². The standard InChI is InChI=1S/C28H36Cl2N2O4S/c1-5-20(13-19-7-6-12-32(17-19)37(33,34)23-9-10-23)31-21-14-25(29)28(26(30)15-21)36-22-8-11-27(35-4)24(16-22)18(2)3/h5,8,11,14-16,18-20,23,31H,1,6-7,9-10,12-13,17H2,2-4H3/t19-,20?/m1/s1. The van der Waals surface area contributed by atoms with E-state index in [1.807, 2.05) is 24.3 Å². The third-order valence-corrected chi connectivity index (χ3v) is 9.98. The highest BCUT2D eigenvalue weighted by atomic mass is 35.5. The van der Waals surface area contributed by atoms with E-state index < -0.39 is 10.0 Å². The molecule has 0 bridgehead atoms. The van der Waals surface area contributed by atoms with Gasteiger partial charge in [-0.05, 0) is 74.3 Å². The summed E-state index contributed by atoms with van der Waals surface area (Å²) in [6.45, 7) is 9.37. The zero-order valence-electron chi connectivity index (χ0n) is 21.7. The molecule has 0 spiro atoms. The predicted molar refractivity (Wildman–Crippen MR) is 152 cm³/mol. The Labute approximate surface area is 231 Å². The van der Waals surface area contributed by atoms with E-state index in [1.165, 1.54) is 0 Å². The van der Waals surface area contributed by atoms with Crippen LogP contribution in [0.1, 0.15) is 57.4 Å². The Bertz CT molecular complexity index is 1210. The van der Waals surface area contributed by atoms with E-state index in [1.54, 1.807) is 23.5 Å². The molecular weight excluding hydrogens is 531 g/mol. The fourth-order valence-corrected chi connectivity index (χ4v) is 7.42. The largest absolute Gasteiger partial charge is 0.496 e. The van der Waals surface area contributed by atoms with Crippen LogP contribution in [-0.2, 0) is 10.0 Å². The van der Waals surface area contributed by atoms with Crippen LogP contribution in [0.3, 0.4) is 0 Å². The van der Waals surface area contributed by atoms with Gasteiger partial charge in [-0.1, -0.05) is 43.1 Å². The van der Waals surface area contributed by atoms with Crippen molar-refractivity contribution in [2.24, 2.45) is 5.92 Å². The number of halogens is 2. The van der Waals surface area contributed by atoms with Gasteiger partial charge in [0.05, 0.1) is 22.4 Å². The number of hydrogen-bond donors (Lipinski definition) is 1. The molecule has 2 fully saturated rings. The first-order chi connectivity index (χ1) is 17.6. The second-order valence-electron chi connectivity index (χ2n) is 10.3. The highest BCUT2D eigenvalue weighted by molar-refractivity contribution is 7.90. The van der Waals surface area contributed by atoms with Crippen molar-refractivity contribution in [2.75, 3.05) is 25.5 Å². The van der Waals surface area contributed by atoms with Crippen LogP contribution in [0.15, 0.2) is 43.0 Å². The maximum atomic E-state index is 12.7. The minimum absolute atomic E-state index is 0.0531. The molecule has 2 aliphatic rings. The topological polar surface area (TPSA) is 67.9 Å². The van der Waals surface area contributed by atoms with Gasteiger partial charge in [-0.3, -0.25) is 0 Å². The minimum Gasteiger partial charge on any atom is -0.496 e. The molecular formula is C28H36Cl2N2O4S. The third kappa shape index (κ3) is 6.75. The summed E-state index contributed by atoms with van der Waals surface area (Å²) in [5.41, 5.74) is 1.79. The van der Waals surface area contributed by atoms with Gasteiger partial charge >= 0.3 is 0 Å². The van der Waals surface area contributed by atoms with E-state index in [9.17, 15) is 8.42 Å². The molecule has 1 saturated carbocycles. The Morgan fingerprint density at radius 2 is 1.86 bits per heavy atom. The van der Waals surface area contributed by atoms with Crippen LogP contribution in [0.5, 0.6) is 17.2 Å². The first-order valence-electron chi connectivity index (χ1n) is 12.8. The zero-order valence-corrected chi connectivity index (χ0v) is 24.0. The second kappa shape index (κ2) is 11.9. The molecule has 0 aromatic heterocycles. The molecule has 1 heterocycles. The molecule has 1 aliphatic carbocycles. The van der Waals surface area contributed by atoms with Crippen LogP contribution >= 0.6 is 23.2 Å². The lowest BCUT2D eigenvalue weighted by molar-refractivity contribution is 0.253. The number of nitrogens with zero attached hydrogens (tertiary/aromatic N) is 1. The molecule has 9 heteroatoms. The average molecular weight is 568 g/mol. The summed E-state index contributed by atoms with van der Waals surface area (Å²) in [5.74, 6) is 2.34. The Morgan fingerprint density at radius 3 is 2.46 bits per heavy atom. The van der Waals surface area contributed by atoms with E-state index in [2.05, 4.69) is 25.7 Å². The summed E-state index contributed by atoms with van der Waals surface area (Å²) in [4.78, 5) is 0. The molecule has 1 aliphatic heterocycles. The van der Waals surface area contributed by atoms with E-state index in [0.29, 0.717) is 34.6 Å². The van der Waals surface area contributed by atoms with Gasteiger partial charge in [-0.25, -0.2) is 12.7 Å². The van der Waals surface area contributed by atoms with Crippen molar-refractivity contribution >= 4 is 38.9 Å². The van der Waals surface area contributed by atoms with Gasteiger partial charge < -0.3 is 14.8 Å². The number of benzene rings is 2. The Hall–Kier alpha value is -1.93. The summed E-state index contributed by atoms with van der Waals surface area (Å²) in [6.07, 6.45) is 6.09. The predicted octanol–water partition coefficient (Wildman–Crippen LogP) is 7.48. The quantitative estimate of drug-likeness (QED) is 0.285. The van der Waals surface area contributed by atoms with Gasteiger partial charge in [0, 0.05) is 30.4 Å². The third-order valence-electron chi connectivity index (χ3n) is 7.05. The van der Waals surface area contributed by atoms with E-state index in [-0.39, 0.29) is 23.1 Å². The summed E-state index contributed by atoms with van der Waals surface area (Å²) in [7, 11) is -1.49. The van der Waals surface area contributed by atoms with E-state index >= 15 is 0 Å². The average Bonchev–Trinajstić information content (AvgIpc) is 3.72.